The molecular formula is C20H23N3O4. The first-order valence-electron chi connectivity index (χ1n) is 9.03. The number of piperazine rings is 1. The molecule has 1 aliphatic heterocycles. The van der Waals surface area contributed by atoms with Crippen LogP contribution in [-0.2, 0) is 0 Å². The summed E-state index contributed by atoms with van der Waals surface area (Å²) in [6.07, 6.45) is 0. The van der Waals surface area contributed by atoms with Crippen LogP contribution in [0.15, 0.2) is 42.5 Å². The molecule has 7 nitrogen and oxygen atoms in total. The first-order valence-corrected chi connectivity index (χ1v) is 9.03. The van der Waals surface area contributed by atoms with Gasteiger partial charge in [0.05, 0.1) is 17.2 Å². The topological polar surface area (TPSA) is 75.9 Å². The summed E-state index contributed by atoms with van der Waals surface area (Å²) >= 11 is 0. The van der Waals surface area contributed by atoms with Crippen LogP contribution in [0.25, 0.3) is 0 Å². The van der Waals surface area contributed by atoms with Crippen molar-refractivity contribution in [2.24, 2.45) is 0 Å². The number of carbonyl (C=O) groups excluding carboxylic acids is 1. The fourth-order valence-corrected chi connectivity index (χ4v) is 3.37. The summed E-state index contributed by atoms with van der Waals surface area (Å²) in [4.78, 5) is 27.5. The number of nitro groups is 1. The van der Waals surface area contributed by atoms with E-state index >= 15 is 0 Å². The van der Waals surface area contributed by atoms with Gasteiger partial charge in [-0.3, -0.25) is 14.9 Å². The van der Waals surface area contributed by atoms with Gasteiger partial charge in [0.15, 0.2) is 0 Å². The Hall–Kier alpha value is -3.09. The van der Waals surface area contributed by atoms with Crippen molar-refractivity contribution in [3.05, 3.63) is 63.7 Å². The highest BCUT2D eigenvalue weighted by Crippen LogP contribution is 2.29. The Kier molecular flexibility index (Phi) is 5.59. The summed E-state index contributed by atoms with van der Waals surface area (Å²) in [6, 6.07) is 12.5. The lowest BCUT2D eigenvalue weighted by Crippen LogP contribution is -2.49. The van der Waals surface area contributed by atoms with Crippen molar-refractivity contribution in [1.29, 1.82) is 0 Å². The van der Waals surface area contributed by atoms with Crippen molar-refractivity contribution < 1.29 is 14.5 Å². The Morgan fingerprint density at radius 2 is 1.81 bits per heavy atom. The van der Waals surface area contributed by atoms with Gasteiger partial charge in [-0.05, 0) is 32.0 Å². The maximum absolute atomic E-state index is 12.9. The Morgan fingerprint density at radius 3 is 2.48 bits per heavy atom. The van der Waals surface area contributed by atoms with E-state index in [1.54, 1.807) is 24.0 Å². The van der Waals surface area contributed by atoms with E-state index in [4.69, 9.17) is 4.74 Å². The fraction of sp³-hybridized carbons (Fsp3) is 0.350. The van der Waals surface area contributed by atoms with E-state index in [2.05, 4.69) is 4.90 Å². The van der Waals surface area contributed by atoms with Crippen LogP contribution >= 0.6 is 0 Å². The van der Waals surface area contributed by atoms with Gasteiger partial charge in [-0.25, -0.2) is 0 Å². The molecule has 0 spiro atoms. The third-order valence-electron chi connectivity index (χ3n) is 4.80. The summed E-state index contributed by atoms with van der Waals surface area (Å²) in [5, 5.41) is 11.1. The first kappa shape index (κ1) is 18.7. The van der Waals surface area contributed by atoms with Gasteiger partial charge in [-0.2, -0.15) is 0 Å². The number of hydrogen-bond acceptors (Lipinski definition) is 5. The molecule has 0 aromatic heterocycles. The zero-order valence-electron chi connectivity index (χ0n) is 15.6. The molecule has 0 radical (unpaired) electrons. The van der Waals surface area contributed by atoms with Crippen LogP contribution in [0.1, 0.15) is 22.8 Å². The minimum Gasteiger partial charge on any atom is -0.492 e. The Bertz CT molecular complexity index is 845. The van der Waals surface area contributed by atoms with Crippen molar-refractivity contribution in [3.8, 4) is 5.75 Å². The molecular weight excluding hydrogens is 346 g/mol. The van der Waals surface area contributed by atoms with Gasteiger partial charge in [-0.15, -0.1) is 0 Å². The van der Waals surface area contributed by atoms with Crippen molar-refractivity contribution in [2.75, 3.05) is 37.7 Å². The summed E-state index contributed by atoms with van der Waals surface area (Å²) in [5.41, 5.74) is 1.81. The maximum Gasteiger partial charge on any atom is 0.273 e. The summed E-state index contributed by atoms with van der Waals surface area (Å²) in [7, 11) is 0. The van der Waals surface area contributed by atoms with Crippen LogP contribution in [0.2, 0.25) is 0 Å². The SMILES string of the molecule is CCOc1ccccc1N1CCN(C(=O)c2cccc([N+](=O)[O-])c2C)CC1. The van der Waals surface area contributed by atoms with Crippen molar-refractivity contribution in [3.63, 3.8) is 0 Å². The molecule has 1 heterocycles. The second kappa shape index (κ2) is 8.07. The van der Waals surface area contributed by atoms with Gasteiger partial charge >= 0.3 is 0 Å². The van der Waals surface area contributed by atoms with E-state index < -0.39 is 4.92 Å². The molecule has 0 unspecified atom stereocenters. The van der Waals surface area contributed by atoms with Crippen molar-refractivity contribution in [1.82, 2.24) is 4.90 Å². The van der Waals surface area contributed by atoms with E-state index in [0.29, 0.717) is 43.9 Å². The molecule has 0 atom stereocenters. The molecule has 2 aromatic rings. The Morgan fingerprint density at radius 1 is 1.11 bits per heavy atom. The summed E-state index contributed by atoms with van der Waals surface area (Å²) in [5.74, 6) is 0.684. The maximum atomic E-state index is 12.9. The van der Waals surface area contributed by atoms with Gasteiger partial charge < -0.3 is 14.5 Å². The quantitative estimate of drug-likeness (QED) is 0.597. The number of nitro benzene ring substituents is 1. The van der Waals surface area contributed by atoms with Crippen LogP contribution in [0.4, 0.5) is 11.4 Å². The smallest absolute Gasteiger partial charge is 0.273 e. The lowest BCUT2D eigenvalue weighted by atomic mass is 10.1. The van der Waals surface area contributed by atoms with Crippen molar-refractivity contribution in [2.45, 2.75) is 13.8 Å². The minimum atomic E-state index is -0.450. The predicted molar refractivity (Wildman–Crippen MR) is 104 cm³/mol. The molecule has 1 amide bonds. The van der Waals surface area contributed by atoms with E-state index in [9.17, 15) is 14.9 Å². The molecule has 0 bridgehead atoms. The van der Waals surface area contributed by atoms with Gasteiger partial charge in [-0.1, -0.05) is 18.2 Å². The second-order valence-corrected chi connectivity index (χ2v) is 6.39. The Labute approximate surface area is 158 Å². The van der Waals surface area contributed by atoms with Crippen LogP contribution < -0.4 is 9.64 Å². The average Bonchev–Trinajstić information content (AvgIpc) is 2.68. The van der Waals surface area contributed by atoms with Crippen molar-refractivity contribution >= 4 is 17.3 Å². The number of para-hydroxylation sites is 2. The molecule has 0 aliphatic carbocycles. The lowest BCUT2D eigenvalue weighted by Gasteiger charge is -2.36. The molecule has 3 rings (SSSR count). The fourth-order valence-electron chi connectivity index (χ4n) is 3.37. The number of amides is 1. The van der Waals surface area contributed by atoms with E-state index in [0.717, 1.165) is 11.4 Å². The molecule has 1 aliphatic rings. The molecule has 1 saturated heterocycles. The van der Waals surface area contributed by atoms with Crippen LogP contribution in [0, 0.1) is 17.0 Å². The van der Waals surface area contributed by atoms with Gasteiger partial charge in [0.25, 0.3) is 11.6 Å². The molecule has 0 N–H and O–H groups in total. The largest absolute Gasteiger partial charge is 0.492 e. The molecule has 0 saturated carbocycles. The van der Waals surface area contributed by atoms with Crippen LogP contribution in [0.3, 0.4) is 0 Å². The van der Waals surface area contributed by atoms with Crippen LogP contribution in [-0.4, -0.2) is 48.5 Å². The second-order valence-electron chi connectivity index (χ2n) is 6.39. The summed E-state index contributed by atoms with van der Waals surface area (Å²) < 4.78 is 5.70. The van der Waals surface area contributed by atoms with E-state index in [1.807, 2.05) is 31.2 Å². The molecule has 7 heteroatoms. The highest BCUT2D eigenvalue weighted by Gasteiger charge is 2.26. The number of rotatable bonds is 5. The lowest BCUT2D eigenvalue weighted by molar-refractivity contribution is -0.385. The van der Waals surface area contributed by atoms with E-state index in [1.165, 1.54) is 6.07 Å². The number of ether oxygens (including phenoxy) is 1. The first-order chi connectivity index (χ1) is 13.0. The van der Waals surface area contributed by atoms with Gasteiger partial charge in [0, 0.05) is 43.4 Å². The molecule has 1 fully saturated rings. The molecule has 2 aromatic carbocycles. The molecule has 27 heavy (non-hydrogen) atoms. The predicted octanol–water partition coefficient (Wildman–Crippen LogP) is 3.26. The standard InChI is InChI=1S/C20H23N3O4/c1-3-27-19-10-5-4-8-18(19)21-11-13-22(14-12-21)20(24)16-7-6-9-17(15(16)2)23(25)26/h4-10H,3,11-14H2,1-2H3. The Balaban J connectivity index is 1.72. The number of anilines is 1. The third-order valence-corrected chi connectivity index (χ3v) is 4.80. The minimum absolute atomic E-state index is 0.0230. The van der Waals surface area contributed by atoms with Gasteiger partial charge in [0.2, 0.25) is 0 Å². The number of nitrogens with zero attached hydrogens (tertiary/aromatic N) is 3. The molecule has 142 valence electrons. The average molecular weight is 369 g/mol. The third kappa shape index (κ3) is 3.86. The van der Waals surface area contributed by atoms with Crippen LogP contribution in [0.5, 0.6) is 5.75 Å². The monoisotopic (exact) mass is 369 g/mol. The normalized spacial score (nSPS) is 14.1. The summed E-state index contributed by atoms with van der Waals surface area (Å²) in [6.45, 7) is 6.66. The zero-order valence-corrected chi connectivity index (χ0v) is 15.6. The zero-order chi connectivity index (χ0) is 19.4. The number of hydrogen-bond donors (Lipinski definition) is 0. The number of benzene rings is 2. The number of carbonyl (C=O) groups is 1. The van der Waals surface area contributed by atoms with E-state index in [-0.39, 0.29) is 11.6 Å². The highest BCUT2D eigenvalue weighted by atomic mass is 16.6. The van der Waals surface area contributed by atoms with Gasteiger partial charge in [0.1, 0.15) is 5.75 Å². The highest BCUT2D eigenvalue weighted by molar-refractivity contribution is 5.96.